The summed E-state index contributed by atoms with van der Waals surface area (Å²) in [7, 11) is 1.71. The van der Waals surface area contributed by atoms with Crippen LogP contribution in [-0.4, -0.2) is 37.4 Å². The fraction of sp³-hybridized carbons (Fsp3) is 0.611. The monoisotopic (exact) mass is 323 g/mol. The highest BCUT2D eigenvalue weighted by molar-refractivity contribution is 5.85. The maximum absolute atomic E-state index is 12.2. The molecule has 0 bridgehead atoms. The first-order valence-corrected chi connectivity index (χ1v) is 8.06. The van der Waals surface area contributed by atoms with Crippen molar-refractivity contribution in [3.05, 3.63) is 29.8 Å². The van der Waals surface area contributed by atoms with E-state index in [1.165, 1.54) is 5.56 Å². The Labute approximate surface area is 139 Å². The van der Waals surface area contributed by atoms with E-state index >= 15 is 0 Å². The van der Waals surface area contributed by atoms with Gasteiger partial charge in [0.25, 0.3) is 0 Å². The smallest absolute Gasteiger partial charge is 0.133 e. The first-order chi connectivity index (χ1) is 10.2. The van der Waals surface area contributed by atoms with E-state index < -0.39 is 0 Å². The predicted octanol–water partition coefficient (Wildman–Crippen LogP) is 3.45. The van der Waals surface area contributed by atoms with Crippen LogP contribution in [0, 0.1) is 5.92 Å². The van der Waals surface area contributed by atoms with E-state index in [0.29, 0.717) is 18.1 Å². The van der Waals surface area contributed by atoms with E-state index in [1.54, 1.807) is 7.11 Å². The Morgan fingerprint density at radius 2 is 2.23 bits per heavy atom. The van der Waals surface area contributed by atoms with Crippen LogP contribution in [0.3, 0.4) is 0 Å². The van der Waals surface area contributed by atoms with E-state index in [-0.39, 0.29) is 17.8 Å². The molecule has 2 aliphatic rings. The number of piperidine rings is 1. The third-order valence-corrected chi connectivity index (χ3v) is 5.51. The highest BCUT2D eigenvalue weighted by Crippen LogP contribution is 2.48. The summed E-state index contributed by atoms with van der Waals surface area (Å²) in [5, 5.41) is 0. The van der Waals surface area contributed by atoms with Gasteiger partial charge in [0.15, 0.2) is 0 Å². The summed E-state index contributed by atoms with van der Waals surface area (Å²) in [4.78, 5) is 14.7. The number of hydrogen-bond acceptors (Lipinski definition) is 3. The molecule has 1 saturated heterocycles. The van der Waals surface area contributed by atoms with Crippen LogP contribution >= 0.6 is 12.4 Å². The molecule has 1 aliphatic carbocycles. The van der Waals surface area contributed by atoms with Crippen LogP contribution < -0.4 is 4.74 Å². The molecule has 1 aliphatic heterocycles. The molecule has 2 atom stereocenters. The Morgan fingerprint density at radius 1 is 1.41 bits per heavy atom. The van der Waals surface area contributed by atoms with Gasteiger partial charge in [-0.05, 0) is 49.5 Å². The normalized spacial score (nSPS) is 28.6. The molecule has 0 radical (unpaired) electrons. The minimum Gasteiger partial charge on any atom is -0.497 e. The van der Waals surface area contributed by atoms with Crippen LogP contribution in [0.1, 0.15) is 38.2 Å². The molecular weight excluding hydrogens is 298 g/mol. The van der Waals surface area contributed by atoms with Crippen molar-refractivity contribution in [1.82, 2.24) is 4.90 Å². The number of hydrogen-bond donors (Lipinski definition) is 0. The molecule has 0 amide bonds. The molecule has 1 aromatic rings. The Hall–Kier alpha value is -1.06. The molecule has 0 spiro atoms. The second kappa shape index (κ2) is 7.01. The van der Waals surface area contributed by atoms with Crippen LogP contribution in [0.25, 0.3) is 0 Å². The van der Waals surface area contributed by atoms with Gasteiger partial charge in [-0.15, -0.1) is 12.4 Å². The standard InChI is InChI=1S/C18H25NO2.ClH/c1-3-19-10-9-18(12-16(20)8-7-15(18)13-19)14-5-4-6-17(11-14)21-2;/h4-6,11,15H,3,7-10,12-13H2,1-2H3;1H/t15-,18+;/m0./s1. The van der Waals surface area contributed by atoms with Crippen molar-refractivity contribution in [2.24, 2.45) is 5.92 Å². The number of fused-ring (bicyclic) bond motifs is 1. The molecular formula is C18H26ClNO2. The first kappa shape index (κ1) is 17.3. The molecule has 2 fully saturated rings. The topological polar surface area (TPSA) is 29.5 Å². The molecule has 1 saturated carbocycles. The number of ketones is 1. The highest BCUT2D eigenvalue weighted by atomic mass is 35.5. The molecule has 3 nitrogen and oxygen atoms in total. The van der Waals surface area contributed by atoms with Gasteiger partial charge in [-0.1, -0.05) is 19.1 Å². The van der Waals surface area contributed by atoms with Gasteiger partial charge in [-0.3, -0.25) is 4.79 Å². The minimum atomic E-state index is 0. The average molecular weight is 324 g/mol. The van der Waals surface area contributed by atoms with E-state index in [9.17, 15) is 4.79 Å². The minimum absolute atomic E-state index is 0. The van der Waals surface area contributed by atoms with Crippen LogP contribution in [0.2, 0.25) is 0 Å². The van der Waals surface area contributed by atoms with Crippen molar-refractivity contribution >= 4 is 18.2 Å². The van der Waals surface area contributed by atoms with E-state index in [2.05, 4.69) is 30.0 Å². The summed E-state index contributed by atoms with van der Waals surface area (Å²) in [5.41, 5.74) is 1.34. The number of methoxy groups -OCH3 is 1. The summed E-state index contributed by atoms with van der Waals surface area (Å²) >= 11 is 0. The predicted molar refractivity (Wildman–Crippen MR) is 91.0 cm³/mol. The third-order valence-electron chi connectivity index (χ3n) is 5.51. The van der Waals surface area contributed by atoms with Crippen molar-refractivity contribution in [2.45, 2.75) is 38.0 Å². The zero-order valence-electron chi connectivity index (χ0n) is 13.5. The van der Waals surface area contributed by atoms with Crippen LogP contribution in [0.15, 0.2) is 24.3 Å². The van der Waals surface area contributed by atoms with Gasteiger partial charge < -0.3 is 9.64 Å². The van der Waals surface area contributed by atoms with Crippen molar-refractivity contribution in [3.63, 3.8) is 0 Å². The number of Topliss-reactive ketones (excluding diaryl/α,β-unsaturated/α-hetero) is 1. The lowest BCUT2D eigenvalue weighted by Crippen LogP contribution is -2.52. The van der Waals surface area contributed by atoms with Crippen LogP contribution in [0.5, 0.6) is 5.75 Å². The quantitative estimate of drug-likeness (QED) is 0.853. The van der Waals surface area contributed by atoms with Crippen molar-refractivity contribution in [2.75, 3.05) is 26.7 Å². The summed E-state index contributed by atoms with van der Waals surface area (Å²) < 4.78 is 5.40. The molecule has 0 unspecified atom stereocenters. The Kier molecular flexibility index (Phi) is 5.51. The fourth-order valence-electron chi connectivity index (χ4n) is 4.22. The van der Waals surface area contributed by atoms with E-state index in [0.717, 1.165) is 44.6 Å². The molecule has 22 heavy (non-hydrogen) atoms. The van der Waals surface area contributed by atoms with Gasteiger partial charge in [0.1, 0.15) is 11.5 Å². The zero-order chi connectivity index (χ0) is 14.9. The average Bonchev–Trinajstić information content (AvgIpc) is 2.54. The van der Waals surface area contributed by atoms with Gasteiger partial charge in [-0.2, -0.15) is 0 Å². The largest absolute Gasteiger partial charge is 0.497 e. The second-order valence-corrected chi connectivity index (χ2v) is 6.48. The molecule has 3 rings (SSSR count). The maximum atomic E-state index is 12.2. The van der Waals surface area contributed by atoms with Crippen LogP contribution in [-0.2, 0) is 10.2 Å². The number of nitrogens with zero attached hydrogens (tertiary/aromatic N) is 1. The summed E-state index contributed by atoms with van der Waals surface area (Å²) in [6.07, 6.45) is 3.59. The Balaban J connectivity index is 0.00000176. The van der Waals surface area contributed by atoms with Crippen LogP contribution in [0.4, 0.5) is 0 Å². The summed E-state index contributed by atoms with van der Waals surface area (Å²) in [6, 6.07) is 8.38. The van der Waals surface area contributed by atoms with Crippen molar-refractivity contribution in [1.29, 1.82) is 0 Å². The number of carbonyl (C=O) groups is 1. The number of benzene rings is 1. The molecule has 4 heteroatoms. The molecule has 122 valence electrons. The van der Waals surface area contributed by atoms with Crippen molar-refractivity contribution in [3.8, 4) is 5.75 Å². The fourth-order valence-corrected chi connectivity index (χ4v) is 4.22. The Morgan fingerprint density at radius 3 is 2.95 bits per heavy atom. The number of rotatable bonds is 3. The lowest BCUT2D eigenvalue weighted by molar-refractivity contribution is -0.125. The number of halogens is 1. The zero-order valence-corrected chi connectivity index (χ0v) is 14.3. The number of carbonyl (C=O) groups excluding carboxylic acids is 1. The number of ether oxygens (including phenoxy) is 1. The van der Waals surface area contributed by atoms with Gasteiger partial charge >= 0.3 is 0 Å². The lowest BCUT2D eigenvalue weighted by atomic mass is 9.59. The first-order valence-electron chi connectivity index (χ1n) is 8.06. The second-order valence-electron chi connectivity index (χ2n) is 6.48. The van der Waals surface area contributed by atoms with Gasteiger partial charge in [-0.25, -0.2) is 0 Å². The molecule has 1 heterocycles. The third kappa shape index (κ3) is 3.02. The van der Waals surface area contributed by atoms with Crippen molar-refractivity contribution < 1.29 is 9.53 Å². The Bertz CT molecular complexity index is 534. The van der Waals surface area contributed by atoms with E-state index in [4.69, 9.17) is 4.74 Å². The van der Waals surface area contributed by atoms with Gasteiger partial charge in [0.2, 0.25) is 0 Å². The summed E-state index contributed by atoms with van der Waals surface area (Å²) in [6.45, 7) is 5.56. The highest BCUT2D eigenvalue weighted by Gasteiger charge is 2.47. The maximum Gasteiger partial charge on any atom is 0.133 e. The molecule has 0 aromatic heterocycles. The number of likely N-dealkylation sites (tertiary alicyclic amines) is 1. The van der Waals surface area contributed by atoms with Gasteiger partial charge in [0.05, 0.1) is 7.11 Å². The summed E-state index contributed by atoms with van der Waals surface area (Å²) in [5.74, 6) is 1.92. The van der Waals surface area contributed by atoms with Gasteiger partial charge in [0, 0.05) is 24.8 Å². The SMILES string of the molecule is CCN1CC[C@]2(c3cccc(OC)c3)CC(=O)CC[C@H]2C1.Cl. The van der Waals surface area contributed by atoms with E-state index in [1.807, 2.05) is 6.07 Å². The lowest BCUT2D eigenvalue weighted by Gasteiger charge is -2.50. The molecule has 1 aromatic carbocycles. The molecule has 0 N–H and O–H groups in total.